The monoisotopic (exact) mass is 356 g/mol. The van der Waals surface area contributed by atoms with E-state index in [1.807, 2.05) is 0 Å². The molecule has 1 aliphatic rings. The van der Waals surface area contributed by atoms with Gasteiger partial charge in [-0.3, -0.25) is 9.59 Å². The summed E-state index contributed by atoms with van der Waals surface area (Å²) < 4.78 is 10.3. The first kappa shape index (κ1) is 14.0. The van der Waals surface area contributed by atoms with Gasteiger partial charge < -0.3 is 9.47 Å². The van der Waals surface area contributed by atoms with Gasteiger partial charge in [-0.05, 0) is 0 Å². The summed E-state index contributed by atoms with van der Waals surface area (Å²) in [6, 6.07) is 0. The number of halogens is 2. The third kappa shape index (κ3) is 4.05. The molecule has 0 aromatic carbocycles. The van der Waals surface area contributed by atoms with E-state index in [0.29, 0.717) is 12.8 Å². The van der Waals surface area contributed by atoms with Gasteiger partial charge in [-0.1, -0.05) is 31.9 Å². The van der Waals surface area contributed by atoms with Crippen LogP contribution in [0.2, 0.25) is 0 Å². The predicted molar refractivity (Wildman–Crippen MR) is 65.8 cm³/mol. The van der Waals surface area contributed by atoms with Gasteiger partial charge in [0, 0.05) is 36.3 Å². The number of carbonyl (C=O) groups is 2. The Morgan fingerprint density at radius 2 is 1.25 bits per heavy atom. The molecule has 0 amide bonds. The fourth-order valence-electron chi connectivity index (χ4n) is 1.72. The van der Waals surface area contributed by atoms with Crippen molar-refractivity contribution in [2.45, 2.75) is 48.6 Å². The average Bonchev–Trinajstić information content (AvgIpc) is 2.11. The molecule has 0 radical (unpaired) electrons. The summed E-state index contributed by atoms with van der Waals surface area (Å²) in [5.74, 6) is -0.704. The van der Waals surface area contributed by atoms with Gasteiger partial charge in [-0.25, -0.2) is 0 Å². The van der Waals surface area contributed by atoms with Crippen LogP contribution >= 0.6 is 31.9 Å². The Morgan fingerprint density at radius 1 is 0.938 bits per heavy atom. The third-order valence-corrected chi connectivity index (χ3v) is 5.09. The van der Waals surface area contributed by atoms with Crippen molar-refractivity contribution in [3.63, 3.8) is 0 Å². The Morgan fingerprint density at radius 3 is 1.50 bits per heavy atom. The number of ether oxygens (including phenoxy) is 2. The highest BCUT2D eigenvalue weighted by Gasteiger charge is 2.38. The molecular weight excluding hydrogens is 344 g/mol. The molecule has 0 unspecified atom stereocenters. The van der Waals surface area contributed by atoms with Gasteiger partial charge >= 0.3 is 11.9 Å². The highest BCUT2D eigenvalue weighted by molar-refractivity contribution is 9.12. The molecule has 0 aromatic heterocycles. The lowest BCUT2D eigenvalue weighted by Gasteiger charge is -2.35. The summed E-state index contributed by atoms with van der Waals surface area (Å²) >= 11 is 7.00. The molecule has 6 heteroatoms. The molecule has 16 heavy (non-hydrogen) atoms. The number of esters is 2. The van der Waals surface area contributed by atoms with Crippen LogP contribution in [-0.4, -0.2) is 33.8 Å². The Kier molecular flexibility index (Phi) is 5.24. The maximum Gasteiger partial charge on any atom is 0.303 e. The Bertz CT molecular complexity index is 254. The van der Waals surface area contributed by atoms with E-state index in [9.17, 15) is 9.59 Å². The summed E-state index contributed by atoms with van der Waals surface area (Å²) in [6.07, 6.45) is 0.542. The quantitative estimate of drug-likeness (QED) is 0.561. The number of hydrogen-bond acceptors (Lipinski definition) is 4. The van der Waals surface area contributed by atoms with Crippen LogP contribution in [0.4, 0.5) is 0 Å². The Balaban J connectivity index is 2.66. The average molecular weight is 358 g/mol. The van der Waals surface area contributed by atoms with E-state index < -0.39 is 0 Å². The first-order chi connectivity index (χ1) is 7.40. The van der Waals surface area contributed by atoms with E-state index in [0.717, 1.165) is 0 Å². The molecule has 1 saturated carbocycles. The van der Waals surface area contributed by atoms with Gasteiger partial charge in [-0.2, -0.15) is 0 Å². The molecule has 4 atom stereocenters. The minimum absolute atomic E-state index is 0.212. The van der Waals surface area contributed by atoms with Gasteiger partial charge in [0.15, 0.2) is 0 Å². The largest absolute Gasteiger partial charge is 0.459 e. The summed E-state index contributed by atoms with van der Waals surface area (Å²) in [7, 11) is 0. The highest BCUT2D eigenvalue weighted by atomic mass is 79.9. The van der Waals surface area contributed by atoms with Crippen LogP contribution in [0.5, 0.6) is 0 Å². The van der Waals surface area contributed by atoms with E-state index in [1.54, 1.807) is 0 Å². The van der Waals surface area contributed by atoms with Crippen molar-refractivity contribution >= 4 is 43.8 Å². The zero-order valence-corrected chi connectivity index (χ0v) is 12.3. The molecule has 0 spiro atoms. The molecule has 0 heterocycles. The Hall–Kier alpha value is -0.100. The molecule has 0 saturated heterocycles. The van der Waals surface area contributed by atoms with Crippen molar-refractivity contribution in [2.24, 2.45) is 0 Å². The lowest BCUT2D eigenvalue weighted by Crippen LogP contribution is -2.44. The molecular formula is C10H14Br2O4. The number of carbonyl (C=O) groups excluding carboxylic acids is 2. The smallest absolute Gasteiger partial charge is 0.303 e. The van der Waals surface area contributed by atoms with Gasteiger partial charge in [-0.15, -0.1) is 0 Å². The topological polar surface area (TPSA) is 52.6 Å². The summed E-state index contributed by atoms with van der Waals surface area (Å²) in [5, 5.41) is 0. The predicted octanol–water partition coefficient (Wildman–Crippen LogP) is 2.17. The molecule has 1 fully saturated rings. The second-order valence-corrected chi connectivity index (χ2v) is 6.15. The van der Waals surface area contributed by atoms with Crippen molar-refractivity contribution in [1.82, 2.24) is 0 Å². The van der Waals surface area contributed by atoms with Gasteiger partial charge in [0.05, 0.1) is 0 Å². The summed E-state index contributed by atoms with van der Waals surface area (Å²) in [6.45, 7) is 2.71. The molecule has 1 rings (SSSR count). The van der Waals surface area contributed by atoms with Crippen LogP contribution < -0.4 is 0 Å². The van der Waals surface area contributed by atoms with Gasteiger partial charge in [0.2, 0.25) is 0 Å². The van der Waals surface area contributed by atoms with E-state index in [2.05, 4.69) is 31.9 Å². The first-order valence-corrected chi connectivity index (χ1v) is 6.86. The van der Waals surface area contributed by atoms with Crippen LogP contribution in [0.3, 0.4) is 0 Å². The van der Waals surface area contributed by atoms with E-state index in [1.165, 1.54) is 13.8 Å². The molecule has 92 valence electrons. The lowest BCUT2D eigenvalue weighted by molar-refractivity contribution is -0.168. The number of rotatable bonds is 2. The lowest BCUT2D eigenvalue weighted by atomic mass is 9.94. The van der Waals surface area contributed by atoms with Gasteiger partial charge in [0.25, 0.3) is 0 Å². The van der Waals surface area contributed by atoms with Crippen LogP contribution in [0, 0.1) is 0 Å². The third-order valence-electron chi connectivity index (χ3n) is 2.36. The summed E-state index contributed by atoms with van der Waals surface area (Å²) in [5.41, 5.74) is 0. The molecule has 1 aliphatic carbocycles. The zero-order valence-electron chi connectivity index (χ0n) is 9.11. The SMILES string of the molecule is CC(=O)O[C@H]1C[C@H](Br)[C@@H](Br)C[C@@H]1OC(C)=O. The normalized spacial score (nSPS) is 34.2. The molecule has 4 nitrogen and oxygen atoms in total. The maximum atomic E-state index is 10.9. The van der Waals surface area contributed by atoms with Gasteiger partial charge in [0.1, 0.15) is 12.2 Å². The van der Waals surface area contributed by atoms with E-state index in [4.69, 9.17) is 9.47 Å². The minimum Gasteiger partial charge on any atom is -0.459 e. The minimum atomic E-state index is -0.362. The highest BCUT2D eigenvalue weighted by Crippen LogP contribution is 2.33. The first-order valence-electron chi connectivity index (χ1n) is 5.02. The molecule has 0 N–H and O–H groups in total. The number of hydrogen-bond donors (Lipinski definition) is 0. The summed E-state index contributed by atoms with van der Waals surface area (Å²) in [4.78, 5) is 22.3. The molecule has 0 aromatic rings. The van der Waals surface area contributed by atoms with Crippen LogP contribution in [0.15, 0.2) is 0 Å². The van der Waals surface area contributed by atoms with E-state index >= 15 is 0 Å². The molecule has 0 aliphatic heterocycles. The van der Waals surface area contributed by atoms with Crippen molar-refractivity contribution in [3.05, 3.63) is 0 Å². The second kappa shape index (κ2) is 6.00. The number of alkyl halides is 2. The van der Waals surface area contributed by atoms with E-state index in [-0.39, 0.29) is 33.8 Å². The van der Waals surface area contributed by atoms with Crippen molar-refractivity contribution in [1.29, 1.82) is 0 Å². The zero-order chi connectivity index (χ0) is 12.3. The van der Waals surface area contributed by atoms with Crippen LogP contribution in [-0.2, 0) is 19.1 Å². The standard InChI is InChI=1S/C10H14Br2O4/c1-5(13)15-9-3-7(11)8(12)4-10(9)16-6(2)14/h7-10H,3-4H2,1-2H3/t7-,8-,9-,10-/m0/s1. The second-order valence-electron chi connectivity index (χ2n) is 3.80. The van der Waals surface area contributed by atoms with Crippen LogP contribution in [0.1, 0.15) is 26.7 Å². The van der Waals surface area contributed by atoms with Crippen molar-refractivity contribution < 1.29 is 19.1 Å². The molecule has 0 bridgehead atoms. The fraction of sp³-hybridized carbons (Fsp3) is 0.800. The van der Waals surface area contributed by atoms with Crippen LogP contribution in [0.25, 0.3) is 0 Å². The van der Waals surface area contributed by atoms with Crippen molar-refractivity contribution in [2.75, 3.05) is 0 Å². The fourth-order valence-corrected chi connectivity index (χ4v) is 2.89. The maximum absolute atomic E-state index is 10.9. The Labute approximate surface area is 111 Å². The van der Waals surface area contributed by atoms with Crippen molar-refractivity contribution in [3.8, 4) is 0 Å².